The highest BCUT2D eigenvalue weighted by atomic mass is 16.5. The van der Waals surface area contributed by atoms with E-state index in [2.05, 4.69) is 36.2 Å². The van der Waals surface area contributed by atoms with Crippen LogP contribution < -0.4 is 15.5 Å². The van der Waals surface area contributed by atoms with Gasteiger partial charge < -0.3 is 10.1 Å². The molecule has 0 spiro atoms. The molecule has 142 valence electrons. The van der Waals surface area contributed by atoms with Crippen LogP contribution in [0.5, 0.6) is 5.75 Å². The molecule has 1 fully saturated rings. The van der Waals surface area contributed by atoms with E-state index in [0.29, 0.717) is 11.3 Å². The number of rotatable bonds is 6. The summed E-state index contributed by atoms with van der Waals surface area (Å²) in [5, 5.41) is 3.31. The first kappa shape index (κ1) is 19.5. The fraction of sp³-hybridized carbons (Fsp3) is 0.409. The Morgan fingerprint density at radius 3 is 2.44 bits per heavy atom. The first-order valence-electron chi connectivity index (χ1n) is 9.69. The number of carbonyl (C=O) groups excluding carboxylic acids is 1. The summed E-state index contributed by atoms with van der Waals surface area (Å²) in [6.45, 7) is 6.59. The summed E-state index contributed by atoms with van der Waals surface area (Å²) in [6, 6.07) is 15.8. The minimum absolute atomic E-state index is 0.100. The number of amides is 1. The molecule has 1 aliphatic rings. The van der Waals surface area contributed by atoms with E-state index in [1.807, 2.05) is 44.2 Å². The van der Waals surface area contributed by atoms with Gasteiger partial charge in [0.2, 0.25) is 0 Å². The van der Waals surface area contributed by atoms with Gasteiger partial charge in [0.05, 0.1) is 18.7 Å². The van der Waals surface area contributed by atoms with Crippen molar-refractivity contribution < 1.29 is 9.53 Å². The maximum Gasteiger partial charge on any atom is 0.255 e. The van der Waals surface area contributed by atoms with E-state index in [1.54, 1.807) is 7.11 Å². The van der Waals surface area contributed by atoms with Crippen molar-refractivity contribution in [2.45, 2.75) is 38.3 Å². The van der Waals surface area contributed by atoms with Gasteiger partial charge in [0, 0.05) is 5.54 Å². The maximum absolute atomic E-state index is 13.2. The van der Waals surface area contributed by atoms with E-state index in [0.717, 1.165) is 24.1 Å². The van der Waals surface area contributed by atoms with Crippen LogP contribution >= 0.6 is 0 Å². The molecule has 4 nitrogen and oxygen atoms in total. The molecule has 0 radical (unpaired) electrons. The van der Waals surface area contributed by atoms with Crippen LogP contribution in [0.2, 0.25) is 0 Å². The Balaban J connectivity index is 1.94. The topological polar surface area (TPSA) is 41.6 Å². The summed E-state index contributed by atoms with van der Waals surface area (Å²) in [6.07, 6.45) is 2.43. The molecular formula is C22H29BN2O2. The predicted octanol–water partition coefficient (Wildman–Crippen LogP) is 2.30. The predicted molar refractivity (Wildman–Crippen MR) is 113 cm³/mol. The van der Waals surface area contributed by atoms with Crippen LogP contribution in [-0.2, 0) is 0 Å². The first-order valence-corrected chi connectivity index (χ1v) is 9.69. The van der Waals surface area contributed by atoms with Crippen molar-refractivity contribution in [2.75, 3.05) is 20.2 Å². The lowest BCUT2D eigenvalue weighted by atomic mass is 9.86. The molecule has 2 aromatic rings. The Morgan fingerprint density at radius 1 is 1.15 bits per heavy atom. The van der Waals surface area contributed by atoms with Crippen molar-refractivity contribution in [1.29, 1.82) is 0 Å². The van der Waals surface area contributed by atoms with Gasteiger partial charge in [-0.25, -0.2) is 0 Å². The number of hydrogen-bond acceptors (Lipinski definition) is 3. The molecule has 27 heavy (non-hydrogen) atoms. The molecule has 1 atom stereocenters. The van der Waals surface area contributed by atoms with E-state index in [4.69, 9.17) is 4.74 Å². The molecule has 0 bridgehead atoms. The molecular weight excluding hydrogens is 335 g/mol. The normalized spacial score (nSPS) is 16.1. The molecule has 3 rings (SSSR count). The van der Waals surface area contributed by atoms with Gasteiger partial charge in [-0.3, -0.25) is 9.69 Å². The van der Waals surface area contributed by atoms with Crippen molar-refractivity contribution in [3.63, 3.8) is 0 Å². The second-order valence-corrected chi connectivity index (χ2v) is 7.87. The van der Waals surface area contributed by atoms with Gasteiger partial charge in [-0.15, -0.1) is 0 Å². The van der Waals surface area contributed by atoms with Crippen LogP contribution in [0, 0.1) is 0 Å². The van der Waals surface area contributed by atoms with E-state index in [-0.39, 0.29) is 17.5 Å². The molecule has 0 aromatic heterocycles. The van der Waals surface area contributed by atoms with Crippen LogP contribution in [0.15, 0.2) is 48.5 Å². The number of ether oxygens (including phenoxy) is 1. The third kappa shape index (κ3) is 4.19. The molecule has 0 aliphatic carbocycles. The average Bonchev–Trinajstić information content (AvgIpc) is 3.22. The van der Waals surface area contributed by atoms with Crippen LogP contribution in [0.4, 0.5) is 0 Å². The van der Waals surface area contributed by atoms with Crippen molar-refractivity contribution in [3.8, 4) is 5.75 Å². The Labute approximate surface area is 163 Å². The molecule has 1 amide bonds. The molecule has 1 unspecified atom stereocenters. The highest BCUT2D eigenvalue weighted by Gasteiger charge is 2.38. The lowest BCUT2D eigenvalue weighted by Gasteiger charge is -2.42. The lowest BCUT2D eigenvalue weighted by Crippen LogP contribution is -2.52. The number of benzene rings is 2. The third-order valence-corrected chi connectivity index (χ3v) is 5.64. The number of hydrogen-bond donors (Lipinski definition) is 1. The number of likely N-dealkylation sites (tertiary alicyclic amines) is 1. The zero-order valence-electron chi connectivity index (χ0n) is 16.8. The van der Waals surface area contributed by atoms with Crippen LogP contribution in [0.3, 0.4) is 0 Å². The molecule has 1 N–H and O–H groups in total. The largest absolute Gasteiger partial charge is 0.496 e. The van der Waals surface area contributed by atoms with Gasteiger partial charge in [0.15, 0.2) is 0 Å². The molecule has 0 saturated carbocycles. The van der Waals surface area contributed by atoms with E-state index in [9.17, 15) is 4.79 Å². The summed E-state index contributed by atoms with van der Waals surface area (Å²) in [5.41, 5.74) is 2.55. The minimum atomic E-state index is -0.190. The summed E-state index contributed by atoms with van der Waals surface area (Å²) >= 11 is 0. The van der Waals surface area contributed by atoms with Crippen LogP contribution in [0.25, 0.3) is 0 Å². The van der Waals surface area contributed by atoms with Crippen molar-refractivity contribution >= 4 is 19.2 Å². The van der Waals surface area contributed by atoms with Crippen LogP contribution in [-0.4, -0.2) is 44.4 Å². The maximum atomic E-state index is 13.2. The fourth-order valence-corrected chi connectivity index (χ4v) is 4.00. The Morgan fingerprint density at radius 2 is 1.81 bits per heavy atom. The highest BCUT2D eigenvalue weighted by molar-refractivity contribution is 6.32. The fourth-order valence-electron chi connectivity index (χ4n) is 4.00. The summed E-state index contributed by atoms with van der Waals surface area (Å²) in [7, 11) is 3.59. The van der Waals surface area contributed by atoms with Gasteiger partial charge in [0.1, 0.15) is 13.6 Å². The van der Waals surface area contributed by atoms with Gasteiger partial charge in [-0.1, -0.05) is 47.9 Å². The SMILES string of the molecule is Bc1ccc(OC)c(C(=O)NC(c2ccccc2)C(C)(C)N2CCCC2)c1. The first-order chi connectivity index (χ1) is 12.9. The van der Waals surface area contributed by atoms with Gasteiger partial charge in [-0.2, -0.15) is 0 Å². The molecule has 1 heterocycles. The lowest BCUT2D eigenvalue weighted by molar-refractivity contribution is 0.0776. The van der Waals surface area contributed by atoms with Gasteiger partial charge >= 0.3 is 0 Å². The zero-order valence-corrected chi connectivity index (χ0v) is 16.8. The molecule has 2 aromatic carbocycles. The number of carbonyl (C=O) groups is 1. The third-order valence-electron chi connectivity index (χ3n) is 5.64. The summed E-state index contributed by atoms with van der Waals surface area (Å²) in [5.74, 6) is 0.501. The Kier molecular flexibility index (Phi) is 5.90. The van der Waals surface area contributed by atoms with Crippen molar-refractivity contribution in [2.24, 2.45) is 0 Å². The van der Waals surface area contributed by atoms with Gasteiger partial charge in [-0.05, 0) is 51.4 Å². The quantitative estimate of drug-likeness (QED) is 0.800. The number of nitrogens with zero attached hydrogens (tertiary/aromatic N) is 1. The minimum Gasteiger partial charge on any atom is -0.496 e. The second-order valence-electron chi connectivity index (χ2n) is 7.87. The van der Waals surface area contributed by atoms with Crippen molar-refractivity contribution in [3.05, 3.63) is 59.7 Å². The Bertz CT molecular complexity index is 786. The highest BCUT2D eigenvalue weighted by Crippen LogP contribution is 2.34. The standard InChI is InChI=1S/C22H29BN2O2/c1-22(2,25-13-7-8-14-25)20(16-9-5-4-6-10-16)24-21(26)18-15-17(23)11-12-19(18)27-3/h4-6,9-12,15,20H,7-8,13-14,23H2,1-3H3,(H,24,26). The molecule has 1 saturated heterocycles. The van der Waals surface area contributed by atoms with Crippen LogP contribution in [0.1, 0.15) is 48.7 Å². The Hall–Kier alpha value is -2.27. The average molecular weight is 364 g/mol. The smallest absolute Gasteiger partial charge is 0.255 e. The molecule has 1 aliphatic heterocycles. The van der Waals surface area contributed by atoms with E-state index >= 15 is 0 Å². The second kappa shape index (κ2) is 8.18. The monoisotopic (exact) mass is 364 g/mol. The van der Waals surface area contributed by atoms with E-state index in [1.165, 1.54) is 12.8 Å². The van der Waals surface area contributed by atoms with Gasteiger partial charge in [0.25, 0.3) is 5.91 Å². The molecule has 5 heteroatoms. The van der Waals surface area contributed by atoms with E-state index < -0.39 is 0 Å². The zero-order chi connectivity index (χ0) is 19.4. The summed E-state index contributed by atoms with van der Waals surface area (Å²) < 4.78 is 5.42. The summed E-state index contributed by atoms with van der Waals surface area (Å²) in [4.78, 5) is 15.7. The number of nitrogens with one attached hydrogen (secondary N) is 1. The number of methoxy groups -OCH3 is 1. The van der Waals surface area contributed by atoms with Crippen molar-refractivity contribution in [1.82, 2.24) is 10.2 Å².